The predicted octanol–water partition coefficient (Wildman–Crippen LogP) is 2.61. The molecule has 0 aliphatic rings. The smallest absolute Gasteiger partial charge is 0.310 e. The van der Waals surface area contributed by atoms with E-state index in [4.69, 9.17) is 4.74 Å². The van der Waals surface area contributed by atoms with Gasteiger partial charge in [0.1, 0.15) is 0 Å². The Bertz CT molecular complexity index is 288. The molecule has 2 nitrogen and oxygen atoms in total. The molecule has 0 spiro atoms. The lowest BCUT2D eigenvalue weighted by molar-refractivity contribution is -0.137. The summed E-state index contributed by atoms with van der Waals surface area (Å²) in [7, 11) is 0. The number of carbonyl (C=O) groups is 1. The van der Waals surface area contributed by atoms with Gasteiger partial charge in [-0.05, 0) is 11.6 Å². The third-order valence-electron chi connectivity index (χ3n) is 1.55. The molecule has 0 unspecified atom stereocenters. The highest BCUT2D eigenvalue weighted by atomic mass is 16.5. The zero-order valence-corrected chi connectivity index (χ0v) is 7.57. The van der Waals surface area contributed by atoms with Crippen LogP contribution in [0.1, 0.15) is 18.9 Å². The fourth-order valence-electron chi connectivity index (χ4n) is 0.836. The number of ether oxygens (including phenoxy) is 1. The second kappa shape index (κ2) is 5.14. The Morgan fingerprint density at radius 3 is 2.69 bits per heavy atom. The first kappa shape index (κ1) is 9.52. The van der Waals surface area contributed by atoms with E-state index < -0.39 is 0 Å². The molecule has 0 radical (unpaired) electrons. The van der Waals surface area contributed by atoms with Crippen molar-refractivity contribution in [1.82, 2.24) is 0 Å². The highest BCUT2D eigenvalue weighted by molar-refractivity contribution is 5.70. The molecule has 0 bridgehead atoms. The molecule has 1 aromatic carbocycles. The number of benzene rings is 1. The Morgan fingerprint density at radius 2 is 2.08 bits per heavy atom. The molecule has 0 aliphatic heterocycles. The van der Waals surface area contributed by atoms with Crippen molar-refractivity contribution >= 4 is 12.0 Å². The van der Waals surface area contributed by atoms with Crippen molar-refractivity contribution in [3.05, 3.63) is 42.2 Å². The summed E-state index contributed by atoms with van der Waals surface area (Å²) in [4.78, 5) is 10.7. The van der Waals surface area contributed by atoms with Crippen molar-refractivity contribution in [2.75, 3.05) is 0 Å². The van der Waals surface area contributed by atoms with Gasteiger partial charge in [0.15, 0.2) is 0 Å². The molecule has 1 aromatic rings. The van der Waals surface area contributed by atoms with Crippen molar-refractivity contribution in [1.29, 1.82) is 0 Å². The van der Waals surface area contributed by atoms with E-state index in [1.54, 1.807) is 13.0 Å². The van der Waals surface area contributed by atoms with Gasteiger partial charge in [-0.15, -0.1) is 0 Å². The topological polar surface area (TPSA) is 26.3 Å². The van der Waals surface area contributed by atoms with Crippen LogP contribution in [0.4, 0.5) is 0 Å². The molecule has 2 heteroatoms. The molecular weight excluding hydrogens is 164 g/mol. The quantitative estimate of drug-likeness (QED) is 0.522. The Hall–Kier alpha value is -1.57. The lowest BCUT2D eigenvalue weighted by atomic mass is 10.2. The molecule has 0 amide bonds. The molecule has 68 valence electrons. The van der Waals surface area contributed by atoms with Gasteiger partial charge in [0, 0.05) is 6.42 Å². The Kier molecular flexibility index (Phi) is 3.76. The lowest BCUT2D eigenvalue weighted by Crippen LogP contribution is -1.94. The first-order valence-corrected chi connectivity index (χ1v) is 4.24. The van der Waals surface area contributed by atoms with Gasteiger partial charge in [-0.3, -0.25) is 4.79 Å². The van der Waals surface area contributed by atoms with Crippen LogP contribution in [0.25, 0.3) is 6.08 Å². The van der Waals surface area contributed by atoms with Gasteiger partial charge < -0.3 is 4.74 Å². The van der Waals surface area contributed by atoms with Gasteiger partial charge in [-0.2, -0.15) is 0 Å². The molecule has 0 heterocycles. The van der Waals surface area contributed by atoms with Crippen molar-refractivity contribution < 1.29 is 9.53 Å². The molecule has 0 aliphatic carbocycles. The average molecular weight is 176 g/mol. The Labute approximate surface area is 77.8 Å². The average Bonchev–Trinajstić information content (AvgIpc) is 2.19. The minimum Gasteiger partial charge on any atom is -0.434 e. The minimum atomic E-state index is -0.216. The number of carbonyl (C=O) groups excluding carboxylic acids is 1. The predicted molar refractivity (Wildman–Crippen MR) is 51.9 cm³/mol. The molecule has 13 heavy (non-hydrogen) atoms. The van der Waals surface area contributed by atoms with Crippen LogP contribution < -0.4 is 0 Å². The maximum Gasteiger partial charge on any atom is 0.310 e. The second-order valence-electron chi connectivity index (χ2n) is 2.56. The molecule has 1 rings (SSSR count). The first-order valence-electron chi connectivity index (χ1n) is 4.24. The summed E-state index contributed by atoms with van der Waals surface area (Å²) < 4.78 is 4.78. The summed E-state index contributed by atoms with van der Waals surface area (Å²) in [6.45, 7) is 1.76. The van der Waals surface area contributed by atoms with Crippen LogP contribution >= 0.6 is 0 Å². The van der Waals surface area contributed by atoms with Crippen LogP contribution in [0, 0.1) is 0 Å². The fraction of sp³-hybridized carbons (Fsp3) is 0.182. The highest BCUT2D eigenvalue weighted by Gasteiger charge is 1.92. The van der Waals surface area contributed by atoms with Crippen molar-refractivity contribution in [2.45, 2.75) is 13.3 Å². The monoisotopic (exact) mass is 176 g/mol. The molecule has 0 saturated carbocycles. The number of hydrogen-bond acceptors (Lipinski definition) is 2. The van der Waals surface area contributed by atoms with E-state index in [-0.39, 0.29) is 5.97 Å². The van der Waals surface area contributed by atoms with Crippen LogP contribution in [0.5, 0.6) is 0 Å². The molecule has 0 N–H and O–H groups in total. The normalized spacial score (nSPS) is 10.2. The van der Waals surface area contributed by atoms with E-state index in [0.717, 1.165) is 5.56 Å². The molecule has 0 fully saturated rings. The van der Waals surface area contributed by atoms with Gasteiger partial charge in [-0.1, -0.05) is 37.3 Å². The fourth-order valence-corrected chi connectivity index (χ4v) is 0.836. The van der Waals surface area contributed by atoms with Gasteiger partial charge in [0.05, 0.1) is 6.26 Å². The summed E-state index contributed by atoms with van der Waals surface area (Å²) in [6.07, 6.45) is 3.58. The summed E-state index contributed by atoms with van der Waals surface area (Å²) in [6, 6.07) is 9.69. The van der Waals surface area contributed by atoms with E-state index in [1.165, 1.54) is 6.26 Å². The first-order chi connectivity index (χ1) is 6.33. The molecule has 0 aromatic heterocycles. The summed E-state index contributed by atoms with van der Waals surface area (Å²) in [5.74, 6) is -0.216. The second-order valence-corrected chi connectivity index (χ2v) is 2.56. The summed E-state index contributed by atoms with van der Waals surface area (Å²) in [5.41, 5.74) is 1.02. The van der Waals surface area contributed by atoms with Crippen LogP contribution in [0.3, 0.4) is 0 Å². The van der Waals surface area contributed by atoms with E-state index in [9.17, 15) is 4.79 Å². The Morgan fingerprint density at radius 1 is 1.38 bits per heavy atom. The van der Waals surface area contributed by atoms with Gasteiger partial charge in [0.2, 0.25) is 0 Å². The van der Waals surface area contributed by atoms with E-state index in [2.05, 4.69) is 0 Å². The summed E-state index contributed by atoms with van der Waals surface area (Å²) in [5, 5.41) is 0. The van der Waals surface area contributed by atoms with Crippen LogP contribution in [-0.4, -0.2) is 5.97 Å². The summed E-state index contributed by atoms with van der Waals surface area (Å²) >= 11 is 0. The number of esters is 1. The third kappa shape index (κ3) is 3.56. The molecule has 0 saturated heterocycles. The molecule has 0 atom stereocenters. The zero-order valence-electron chi connectivity index (χ0n) is 7.57. The SMILES string of the molecule is CCC(=O)O/C=C/c1ccccc1. The van der Waals surface area contributed by atoms with Gasteiger partial charge in [-0.25, -0.2) is 0 Å². The Balaban J connectivity index is 2.45. The molecular formula is C11H12O2. The van der Waals surface area contributed by atoms with E-state index >= 15 is 0 Å². The van der Waals surface area contributed by atoms with Gasteiger partial charge >= 0.3 is 5.97 Å². The zero-order chi connectivity index (χ0) is 9.52. The van der Waals surface area contributed by atoms with Crippen molar-refractivity contribution in [3.63, 3.8) is 0 Å². The van der Waals surface area contributed by atoms with E-state index in [1.807, 2.05) is 30.3 Å². The lowest BCUT2D eigenvalue weighted by Gasteiger charge is -1.94. The minimum absolute atomic E-state index is 0.216. The van der Waals surface area contributed by atoms with E-state index in [0.29, 0.717) is 6.42 Å². The third-order valence-corrected chi connectivity index (χ3v) is 1.55. The standard InChI is InChI=1S/C11H12O2/c1-2-11(12)13-9-8-10-6-4-3-5-7-10/h3-9H,2H2,1H3/b9-8+. The number of rotatable bonds is 3. The largest absolute Gasteiger partial charge is 0.434 e. The maximum atomic E-state index is 10.7. The van der Waals surface area contributed by atoms with Crippen LogP contribution in [0.15, 0.2) is 36.6 Å². The van der Waals surface area contributed by atoms with Crippen molar-refractivity contribution in [3.8, 4) is 0 Å². The number of hydrogen-bond donors (Lipinski definition) is 0. The van der Waals surface area contributed by atoms with Crippen LogP contribution in [0.2, 0.25) is 0 Å². The van der Waals surface area contributed by atoms with Gasteiger partial charge in [0.25, 0.3) is 0 Å². The highest BCUT2D eigenvalue weighted by Crippen LogP contribution is 2.01. The maximum absolute atomic E-state index is 10.7. The van der Waals surface area contributed by atoms with Crippen molar-refractivity contribution in [2.24, 2.45) is 0 Å². The van der Waals surface area contributed by atoms with Crippen LogP contribution in [-0.2, 0) is 9.53 Å².